The molecule has 0 saturated carbocycles. The van der Waals surface area contributed by atoms with Gasteiger partial charge in [0.15, 0.2) is 0 Å². The van der Waals surface area contributed by atoms with Crippen LogP contribution in [0.5, 0.6) is 0 Å². The Morgan fingerprint density at radius 1 is 1.00 bits per heavy atom. The largest absolute Gasteiger partial charge is 0.381 e. The molecule has 0 heterocycles. The van der Waals surface area contributed by atoms with Gasteiger partial charge in [0.05, 0.1) is 12.2 Å². The van der Waals surface area contributed by atoms with E-state index in [1.54, 1.807) is 14.2 Å². The van der Waals surface area contributed by atoms with Gasteiger partial charge in [-0.15, -0.1) is 0 Å². The maximum atomic E-state index is 4.99. The Bertz CT molecular complexity index is 55.9. The molecule has 0 aromatic carbocycles. The molecule has 0 amide bonds. The summed E-state index contributed by atoms with van der Waals surface area (Å²) in [4.78, 5) is 0. The fourth-order valence-electron chi connectivity index (χ4n) is 0.539. The predicted molar refractivity (Wildman–Crippen MR) is 37.2 cm³/mol. The molecule has 1 radical (unpaired) electrons. The molecule has 0 rings (SSSR count). The Kier molecular flexibility index (Phi) is 4.72. The molecule has 2 heteroatoms. The Morgan fingerprint density at radius 2 is 1.33 bits per heavy atom. The minimum Gasteiger partial charge on any atom is -0.381 e. The highest BCUT2D eigenvalue weighted by Crippen LogP contribution is 2.00. The van der Waals surface area contributed by atoms with Crippen LogP contribution in [0.3, 0.4) is 0 Å². The number of rotatable bonds is 4. The van der Waals surface area contributed by atoms with Crippen LogP contribution in [0.1, 0.15) is 13.8 Å². The van der Waals surface area contributed by atoms with E-state index in [-0.39, 0.29) is 12.2 Å². The number of methoxy groups -OCH3 is 2. The highest BCUT2D eigenvalue weighted by molar-refractivity contribution is 4.78. The summed E-state index contributed by atoms with van der Waals surface area (Å²) in [6.07, 6.45) is 2.36. The van der Waals surface area contributed by atoms with Gasteiger partial charge in [0.25, 0.3) is 0 Å². The van der Waals surface area contributed by atoms with Gasteiger partial charge in [-0.3, -0.25) is 0 Å². The zero-order valence-electron chi connectivity index (χ0n) is 6.55. The average molecular weight is 131 g/mol. The zero-order chi connectivity index (χ0) is 7.28. The molecule has 0 aromatic rings. The second-order valence-electron chi connectivity index (χ2n) is 2.07. The molecule has 2 nitrogen and oxygen atoms in total. The fourth-order valence-corrected chi connectivity index (χ4v) is 0.539. The number of hydrogen-bond donors (Lipinski definition) is 0. The van der Waals surface area contributed by atoms with E-state index in [4.69, 9.17) is 9.47 Å². The lowest BCUT2D eigenvalue weighted by molar-refractivity contribution is 0.0858. The van der Waals surface area contributed by atoms with E-state index in [2.05, 4.69) is 0 Å². The van der Waals surface area contributed by atoms with Crippen molar-refractivity contribution in [3.8, 4) is 0 Å². The van der Waals surface area contributed by atoms with Crippen LogP contribution in [0.2, 0.25) is 0 Å². The molecule has 0 N–H and O–H groups in total. The summed E-state index contributed by atoms with van der Waals surface area (Å²) in [5, 5.41) is 0. The molecule has 0 aliphatic rings. The van der Waals surface area contributed by atoms with Crippen LogP contribution in [-0.4, -0.2) is 26.4 Å². The Labute approximate surface area is 57.2 Å². The van der Waals surface area contributed by atoms with Crippen molar-refractivity contribution < 1.29 is 9.47 Å². The Hall–Kier alpha value is -0.0800. The van der Waals surface area contributed by atoms with Crippen molar-refractivity contribution in [2.24, 2.45) is 0 Å². The molecule has 0 aliphatic carbocycles. The van der Waals surface area contributed by atoms with Crippen molar-refractivity contribution in [2.45, 2.75) is 26.1 Å². The van der Waals surface area contributed by atoms with Gasteiger partial charge in [0.2, 0.25) is 0 Å². The third-order valence-corrected chi connectivity index (χ3v) is 1.29. The number of hydrogen-bond acceptors (Lipinski definition) is 2. The van der Waals surface area contributed by atoms with Crippen molar-refractivity contribution in [2.75, 3.05) is 14.2 Å². The van der Waals surface area contributed by atoms with Crippen LogP contribution in [0.25, 0.3) is 0 Å². The van der Waals surface area contributed by atoms with Crippen molar-refractivity contribution >= 4 is 0 Å². The van der Waals surface area contributed by atoms with E-state index in [9.17, 15) is 0 Å². The smallest absolute Gasteiger partial charge is 0.0600 e. The Morgan fingerprint density at radius 3 is 1.56 bits per heavy atom. The van der Waals surface area contributed by atoms with Gasteiger partial charge >= 0.3 is 0 Å². The minimum absolute atomic E-state index is 0.181. The van der Waals surface area contributed by atoms with E-state index >= 15 is 0 Å². The number of ether oxygens (including phenoxy) is 2. The van der Waals surface area contributed by atoms with Gasteiger partial charge in [-0.25, -0.2) is 0 Å². The molecule has 0 aromatic heterocycles. The van der Waals surface area contributed by atoms with E-state index in [0.29, 0.717) is 0 Å². The summed E-state index contributed by atoms with van der Waals surface area (Å²) in [6.45, 7) is 3.96. The maximum Gasteiger partial charge on any atom is 0.0600 e. The molecular weight excluding hydrogens is 116 g/mol. The standard InChI is InChI=1S/C7H15O2/c1-6(8-3)5-7(2)9-4/h5-7H,1-4H3. The van der Waals surface area contributed by atoms with E-state index in [1.807, 2.05) is 20.3 Å². The lowest BCUT2D eigenvalue weighted by atomic mass is 10.2. The van der Waals surface area contributed by atoms with Crippen LogP contribution in [0.4, 0.5) is 0 Å². The molecule has 2 unspecified atom stereocenters. The van der Waals surface area contributed by atoms with Gasteiger partial charge in [-0.1, -0.05) is 0 Å². The quantitative estimate of drug-likeness (QED) is 0.572. The molecule has 0 spiro atoms. The highest BCUT2D eigenvalue weighted by atomic mass is 16.5. The second-order valence-corrected chi connectivity index (χ2v) is 2.07. The highest BCUT2D eigenvalue weighted by Gasteiger charge is 2.05. The molecule has 0 fully saturated rings. The van der Waals surface area contributed by atoms with Gasteiger partial charge in [0, 0.05) is 20.6 Å². The average Bonchev–Trinajstić information content (AvgIpc) is 1.87. The summed E-state index contributed by atoms with van der Waals surface area (Å²) >= 11 is 0. The molecule has 2 atom stereocenters. The summed E-state index contributed by atoms with van der Waals surface area (Å²) in [7, 11) is 3.37. The first-order valence-electron chi connectivity index (χ1n) is 3.11. The zero-order valence-corrected chi connectivity index (χ0v) is 6.55. The van der Waals surface area contributed by atoms with E-state index in [0.717, 1.165) is 0 Å². The van der Waals surface area contributed by atoms with Crippen molar-refractivity contribution in [3.05, 3.63) is 6.42 Å². The van der Waals surface area contributed by atoms with Gasteiger partial charge in [-0.05, 0) is 13.8 Å². The molecule has 55 valence electrons. The van der Waals surface area contributed by atoms with Crippen molar-refractivity contribution in [1.29, 1.82) is 0 Å². The minimum atomic E-state index is 0.181. The lowest BCUT2D eigenvalue weighted by Gasteiger charge is -2.13. The fraction of sp³-hybridized carbons (Fsp3) is 0.857. The summed E-state index contributed by atoms with van der Waals surface area (Å²) < 4.78 is 9.97. The van der Waals surface area contributed by atoms with Crippen LogP contribution in [0.15, 0.2) is 0 Å². The van der Waals surface area contributed by atoms with Crippen LogP contribution < -0.4 is 0 Å². The first-order valence-corrected chi connectivity index (χ1v) is 3.11. The monoisotopic (exact) mass is 131 g/mol. The van der Waals surface area contributed by atoms with E-state index in [1.165, 1.54) is 0 Å². The topological polar surface area (TPSA) is 18.5 Å². The van der Waals surface area contributed by atoms with Gasteiger partial charge in [0.1, 0.15) is 0 Å². The lowest BCUT2D eigenvalue weighted by Crippen LogP contribution is -2.16. The summed E-state index contributed by atoms with van der Waals surface area (Å²) in [5.41, 5.74) is 0. The van der Waals surface area contributed by atoms with Crippen LogP contribution in [-0.2, 0) is 9.47 Å². The third kappa shape index (κ3) is 4.43. The van der Waals surface area contributed by atoms with E-state index < -0.39 is 0 Å². The summed E-state index contributed by atoms with van der Waals surface area (Å²) in [5.74, 6) is 0. The van der Waals surface area contributed by atoms with Gasteiger partial charge in [-0.2, -0.15) is 0 Å². The SMILES string of the molecule is COC(C)[CH]C(C)OC. The first-order chi connectivity index (χ1) is 4.20. The van der Waals surface area contributed by atoms with Crippen molar-refractivity contribution in [3.63, 3.8) is 0 Å². The van der Waals surface area contributed by atoms with Crippen LogP contribution >= 0.6 is 0 Å². The normalized spacial score (nSPS) is 17.3. The Balaban J connectivity index is 3.22. The molecule has 9 heavy (non-hydrogen) atoms. The molecular formula is C7H15O2. The predicted octanol–water partition coefficient (Wildman–Crippen LogP) is 1.26. The molecule has 0 aliphatic heterocycles. The summed E-state index contributed by atoms with van der Waals surface area (Å²) in [6, 6.07) is 0. The maximum absolute atomic E-state index is 4.99. The molecule has 0 bridgehead atoms. The molecule has 0 saturated heterocycles. The first kappa shape index (κ1) is 8.92. The third-order valence-electron chi connectivity index (χ3n) is 1.29. The second kappa shape index (κ2) is 4.77. The van der Waals surface area contributed by atoms with Crippen molar-refractivity contribution in [1.82, 2.24) is 0 Å². The van der Waals surface area contributed by atoms with Gasteiger partial charge < -0.3 is 9.47 Å². The van der Waals surface area contributed by atoms with Crippen LogP contribution in [0, 0.1) is 6.42 Å².